The highest BCUT2D eigenvalue weighted by molar-refractivity contribution is 6.32. The number of benzene rings is 1. The molecular formula is C19H26ClNO5. The summed E-state index contributed by atoms with van der Waals surface area (Å²) in [4.78, 5) is 24.1. The number of esters is 1. The normalized spacial score (nSPS) is 11.6. The molecule has 1 atom stereocenters. The van der Waals surface area contributed by atoms with Gasteiger partial charge in [0, 0.05) is 6.54 Å². The highest BCUT2D eigenvalue weighted by Gasteiger charge is 2.21. The molecule has 0 saturated heterocycles. The van der Waals surface area contributed by atoms with E-state index in [-0.39, 0.29) is 10.6 Å². The summed E-state index contributed by atoms with van der Waals surface area (Å²) in [6.07, 6.45) is 1.45. The standard InChI is InChI=1S/C19H26ClNO5/c1-6-8-21-18(22)13(4)26-19(23)14-10-15(20)17(16(11-14)24-5)25-9-7-12(2)3/h6,10-13H,1,7-9H2,2-5H3,(H,21,22)/t13-/m1/s1. The number of methoxy groups -OCH3 is 1. The molecule has 0 saturated carbocycles. The van der Waals surface area contributed by atoms with Crippen LogP contribution in [-0.2, 0) is 9.53 Å². The molecule has 6 nitrogen and oxygen atoms in total. The van der Waals surface area contributed by atoms with Crippen LogP contribution in [0, 0.1) is 5.92 Å². The van der Waals surface area contributed by atoms with Gasteiger partial charge in [0.05, 0.1) is 24.3 Å². The van der Waals surface area contributed by atoms with Gasteiger partial charge in [0.25, 0.3) is 5.91 Å². The molecule has 0 aliphatic heterocycles. The van der Waals surface area contributed by atoms with Crippen LogP contribution in [0.25, 0.3) is 0 Å². The Kier molecular flexibility index (Phi) is 8.99. The minimum Gasteiger partial charge on any atom is -0.493 e. The summed E-state index contributed by atoms with van der Waals surface area (Å²) < 4.78 is 16.1. The Hall–Kier alpha value is -2.21. The van der Waals surface area contributed by atoms with Crippen LogP contribution in [0.1, 0.15) is 37.6 Å². The minimum absolute atomic E-state index is 0.173. The molecule has 1 amide bonds. The number of hydrogen-bond acceptors (Lipinski definition) is 5. The molecule has 0 spiro atoms. The van der Waals surface area contributed by atoms with Crippen molar-refractivity contribution in [1.82, 2.24) is 5.32 Å². The second-order valence-electron chi connectivity index (χ2n) is 6.10. The van der Waals surface area contributed by atoms with Gasteiger partial charge in [0.15, 0.2) is 17.6 Å². The third-order valence-corrected chi connectivity index (χ3v) is 3.76. The van der Waals surface area contributed by atoms with Crippen molar-refractivity contribution in [3.05, 3.63) is 35.4 Å². The summed E-state index contributed by atoms with van der Waals surface area (Å²) in [6, 6.07) is 2.92. The van der Waals surface area contributed by atoms with Gasteiger partial charge in [-0.15, -0.1) is 6.58 Å². The quantitative estimate of drug-likeness (QED) is 0.493. The Bertz CT molecular complexity index is 645. The first kappa shape index (κ1) is 21.8. The maximum Gasteiger partial charge on any atom is 0.339 e. The zero-order valence-corrected chi connectivity index (χ0v) is 16.4. The van der Waals surface area contributed by atoms with E-state index in [0.717, 1.165) is 6.42 Å². The van der Waals surface area contributed by atoms with E-state index in [0.29, 0.717) is 30.6 Å². The molecule has 26 heavy (non-hydrogen) atoms. The zero-order chi connectivity index (χ0) is 19.7. The molecule has 0 aliphatic rings. The van der Waals surface area contributed by atoms with E-state index in [1.807, 2.05) is 0 Å². The third-order valence-electron chi connectivity index (χ3n) is 3.48. The first-order valence-corrected chi connectivity index (χ1v) is 8.77. The molecule has 1 aromatic rings. The van der Waals surface area contributed by atoms with Gasteiger partial charge < -0.3 is 19.5 Å². The summed E-state index contributed by atoms with van der Waals surface area (Å²) in [5.41, 5.74) is 0.173. The molecule has 0 heterocycles. The lowest BCUT2D eigenvalue weighted by atomic mass is 10.1. The van der Waals surface area contributed by atoms with Crippen LogP contribution in [0.5, 0.6) is 11.5 Å². The van der Waals surface area contributed by atoms with Crippen molar-refractivity contribution in [3.63, 3.8) is 0 Å². The lowest BCUT2D eigenvalue weighted by Crippen LogP contribution is -2.35. The van der Waals surface area contributed by atoms with Gasteiger partial charge in [0.2, 0.25) is 0 Å². The average Bonchev–Trinajstić information content (AvgIpc) is 2.59. The van der Waals surface area contributed by atoms with E-state index in [1.165, 1.54) is 32.2 Å². The summed E-state index contributed by atoms with van der Waals surface area (Å²) >= 11 is 6.24. The van der Waals surface area contributed by atoms with Crippen molar-refractivity contribution in [2.75, 3.05) is 20.3 Å². The van der Waals surface area contributed by atoms with Crippen molar-refractivity contribution >= 4 is 23.5 Å². The number of rotatable bonds is 10. The molecule has 7 heteroatoms. The van der Waals surface area contributed by atoms with Gasteiger partial charge in [-0.2, -0.15) is 0 Å². The highest BCUT2D eigenvalue weighted by atomic mass is 35.5. The van der Waals surface area contributed by atoms with E-state index in [1.54, 1.807) is 0 Å². The van der Waals surface area contributed by atoms with Crippen molar-refractivity contribution < 1.29 is 23.8 Å². The van der Waals surface area contributed by atoms with Crippen molar-refractivity contribution in [1.29, 1.82) is 0 Å². The second-order valence-corrected chi connectivity index (χ2v) is 6.51. The van der Waals surface area contributed by atoms with Gasteiger partial charge in [-0.05, 0) is 31.4 Å². The van der Waals surface area contributed by atoms with Crippen LogP contribution >= 0.6 is 11.6 Å². The largest absolute Gasteiger partial charge is 0.493 e. The number of carbonyl (C=O) groups is 2. The van der Waals surface area contributed by atoms with Crippen molar-refractivity contribution in [2.45, 2.75) is 33.3 Å². The van der Waals surface area contributed by atoms with E-state index in [9.17, 15) is 9.59 Å². The first-order chi connectivity index (χ1) is 12.3. The SMILES string of the molecule is C=CCNC(=O)[C@@H](C)OC(=O)c1cc(Cl)c(OCCC(C)C)c(OC)c1. The van der Waals surface area contributed by atoms with Gasteiger partial charge in [-0.1, -0.05) is 31.5 Å². The van der Waals surface area contributed by atoms with Crippen LogP contribution in [0.4, 0.5) is 0 Å². The maximum absolute atomic E-state index is 12.3. The number of nitrogens with one attached hydrogen (secondary N) is 1. The smallest absolute Gasteiger partial charge is 0.339 e. The summed E-state index contributed by atoms with van der Waals surface area (Å²) in [5, 5.41) is 2.80. The summed E-state index contributed by atoms with van der Waals surface area (Å²) in [7, 11) is 1.46. The molecule has 1 N–H and O–H groups in total. The van der Waals surface area contributed by atoms with Crippen LogP contribution in [0.3, 0.4) is 0 Å². The molecule has 144 valence electrons. The number of carbonyl (C=O) groups excluding carboxylic acids is 2. The lowest BCUT2D eigenvalue weighted by molar-refractivity contribution is -0.128. The fourth-order valence-electron chi connectivity index (χ4n) is 1.97. The van der Waals surface area contributed by atoms with E-state index in [4.69, 9.17) is 25.8 Å². The lowest BCUT2D eigenvalue weighted by Gasteiger charge is -2.16. The van der Waals surface area contributed by atoms with Gasteiger partial charge in [-0.25, -0.2) is 4.79 Å². The van der Waals surface area contributed by atoms with Crippen LogP contribution in [0.2, 0.25) is 5.02 Å². The monoisotopic (exact) mass is 383 g/mol. The molecule has 0 bridgehead atoms. The van der Waals surface area contributed by atoms with Gasteiger partial charge >= 0.3 is 5.97 Å². The number of amides is 1. The minimum atomic E-state index is -0.950. The topological polar surface area (TPSA) is 73.9 Å². The third kappa shape index (κ3) is 6.59. The van der Waals surface area contributed by atoms with Gasteiger partial charge in [-0.3, -0.25) is 4.79 Å². The zero-order valence-electron chi connectivity index (χ0n) is 15.6. The second kappa shape index (κ2) is 10.7. The Morgan fingerprint density at radius 3 is 2.58 bits per heavy atom. The number of ether oxygens (including phenoxy) is 3. The Morgan fingerprint density at radius 1 is 1.31 bits per heavy atom. The van der Waals surface area contributed by atoms with Crippen molar-refractivity contribution in [2.24, 2.45) is 5.92 Å². The van der Waals surface area contributed by atoms with E-state index >= 15 is 0 Å². The Morgan fingerprint density at radius 2 is 2.00 bits per heavy atom. The highest BCUT2D eigenvalue weighted by Crippen LogP contribution is 2.37. The Balaban J connectivity index is 2.86. The fourth-order valence-corrected chi connectivity index (χ4v) is 2.24. The molecule has 0 aromatic heterocycles. The molecule has 0 radical (unpaired) electrons. The summed E-state index contributed by atoms with van der Waals surface area (Å²) in [6.45, 7) is 9.95. The predicted molar refractivity (Wildman–Crippen MR) is 101 cm³/mol. The maximum atomic E-state index is 12.3. The predicted octanol–water partition coefficient (Wildman–Crippen LogP) is 3.62. The van der Waals surface area contributed by atoms with Crippen LogP contribution < -0.4 is 14.8 Å². The average molecular weight is 384 g/mol. The molecule has 1 aromatic carbocycles. The molecule has 1 rings (SSSR count). The van der Waals surface area contributed by atoms with E-state index < -0.39 is 18.0 Å². The van der Waals surface area contributed by atoms with Crippen LogP contribution in [-0.4, -0.2) is 38.2 Å². The fraction of sp³-hybridized carbons (Fsp3) is 0.474. The Labute approximate surface area is 159 Å². The molecule has 0 unspecified atom stereocenters. The first-order valence-electron chi connectivity index (χ1n) is 8.40. The summed E-state index contributed by atoms with van der Waals surface area (Å²) in [5.74, 6) is 0.105. The molecular weight excluding hydrogens is 358 g/mol. The number of hydrogen-bond donors (Lipinski definition) is 1. The van der Waals surface area contributed by atoms with E-state index in [2.05, 4.69) is 25.7 Å². The van der Waals surface area contributed by atoms with Gasteiger partial charge in [0.1, 0.15) is 0 Å². The molecule has 0 fully saturated rings. The van der Waals surface area contributed by atoms with Crippen molar-refractivity contribution in [3.8, 4) is 11.5 Å². The van der Waals surface area contributed by atoms with Crippen LogP contribution in [0.15, 0.2) is 24.8 Å². The number of halogens is 1. The molecule has 0 aliphatic carbocycles.